The molecule has 0 aliphatic carbocycles. The molecule has 1 aromatic carbocycles. The summed E-state index contributed by atoms with van der Waals surface area (Å²) < 4.78 is 24.9. The highest BCUT2D eigenvalue weighted by molar-refractivity contribution is 5.94. The number of hydrogen-bond acceptors (Lipinski definition) is 2. The number of rotatable bonds is 5. The molecule has 0 radical (unpaired) electrons. The average molecular weight is 256 g/mol. The Morgan fingerprint density at radius 3 is 2.56 bits per heavy atom. The Morgan fingerprint density at radius 1 is 1.39 bits per heavy atom. The van der Waals surface area contributed by atoms with Gasteiger partial charge in [-0.2, -0.15) is 0 Å². The van der Waals surface area contributed by atoms with Crippen molar-refractivity contribution < 1.29 is 13.6 Å². The predicted molar refractivity (Wildman–Crippen MR) is 68.3 cm³/mol. The minimum absolute atomic E-state index is 0.158. The Balaban J connectivity index is 2.83. The first kappa shape index (κ1) is 14.4. The van der Waals surface area contributed by atoms with Crippen molar-refractivity contribution in [1.82, 2.24) is 5.32 Å². The molecular formula is C13H18F2N2O. The van der Waals surface area contributed by atoms with E-state index in [0.29, 0.717) is 17.8 Å². The first-order valence-corrected chi connectivity index (χ1v) is 5.89. The smallest absolute Gasteiger partial charge is 0.258 e. The van der Waals surface area contributed by atoms with Crippen LogP contribution in [0.15, 0.2) is 18.2 Å². The van der Waals surface area contributed by atoms with Gasteiger partial charge in [0.25, 0.3) is 12.3 Å². The summed E-state index contributed by atoms with van der Waals surface area (Å²) in [6.45, 7) is 5.59. The molecule has 1 unspecified atom stereocenters. The van der Waals surface area contributed by atoms with E-state index in [-0.39, 0.29) is 5.91 Å². The third-order valence-corrected chi connectivity index (χ3v) is 2.59. The highest BCUT2D eigenvalue weighted by atomic mass is 19.3. The fourth-order valence-corrected chi connectivity index (χ4v) is 1.54. The molecule has 18 heavy (non-hydrogen) atoms. The molecule has 0 fully saturated rings. The lowest BCUT2D eigenvalue weighted by Crippen LogP contribution is -2.25. The van der Waals surface area contributed by atoms with Crippen LogP contribution in [-0.4, -0.2) is 24.9 Å². The summed E-state index contributed by atoms with van der Waals surface area (Å²) in [5, 5.41) is 5.41. The van der Waals surface area contributed by atoms with Crippen LogP contribution in [0.4, 0.5) is 14.5 Å². The van der Waals surface area contributed by atoms with Gasteiger partial charge in [0.1, 0.15) is 0 Å². The van der Waals surface area contributed by atoms with Gasteiger partial charge in [0.2, 0.25) is 0 Å². The summed E-state index contributed by atoms with van der Waals surface area (Å²) in [6, 6.07) is 4.04. The zero-order valence-corrected chi connectivity index (χ0v) is 10.8. The quantitative estimate of drug-likeness (QED) is 0.850. The Labute approximate surface area is 106 Å². The maximum Gasteiger partial charge on any atom is 0.258 e. The van der Waals surface area contributed by atoms with Gasteiger partial charge in [-0.3, -0.25) is 4.79 Å². The molecule has 5 heteroatoms. The van der Waals surface area contributed by atoms with Gasteiger partial charge >= 0.3 is 0 Å². The van der Waals surface area contributed by atoms with Gasteiger partial charge in [0.05, 0.1) is 6.04 Å². The van der Waals surface area contributed by atoms with Crippen LogP contribution < -0.4 is 10.6 Å². The standard InChI is InChI=1S/C13H18F2N2O/c1-4-16-13(18)10-5-6-11(8(2)7-10)17-9(3)12(14)15/h5-7,9,12,17H,4H2,1-3H3,(H,16,18). The molecule has 1 aromatic rings. The molecule has 0 saturated heterocycles. The Hall–Kier alpha value is -1.65. The van der Waals surface area contributed by atoms with E-state index in [4.69, 9.17) is 0 Å². The lowest BCUT2D eigenvalue weighted by Gasteiger charge is -2.16. The van der Waals surface area contributed by atoms with Crippen LogP contribution in [0.3, 0.4) is 0 Å². The molecule has 0 heterocycles. The minimum Gasteiger partial charge on any atom is -0.377 e. The number of nitrogens with one attached hydrogen (secondary N) is 2. The van der Waals surface area contributed by atoms with Crippen LogP contribution in [0, 0.1) is 6.92 Å². The van der Waals surface area contributed by atoms with E-state index >= 15 is 0 Å². The SMILES string of the molecule is CCNC(=O)c1ccc(NC(C)C(F)F)c(C)c1. The lowest BCUT2D eigenvalue weighted by atomic mass is 10.1. The second-order valence-corrected chi connectivity index (χ2v) is 4.16. The predicted octanol–water partition coefficient (Wildman–Crippen LogP) is 2.81. The highest BCUT2D eigenvalue weighted by Gasteiger charge is 2.15. The van der Waals surface area contributed by atoms with Crippen molar-refractivity contribution in [2.75, 3.05) is 11.9 Å². The molecule has 1 rings (SSSR count). The zero-order valence-electron chi connectivity index (χ0n) is 10.8. The van der Waals surface area contributed by atoms with Crippen LogP contribution in [-0.2, 0) is 0 Å². The number of aryl methyl sites for hydroxylation is 1. The number of benzene rings is 1. The van der Waals surface area contributed by atoms with E-state index in [0.717, 1.165) is 5.56 Å². The first-order valence-electron chi connectivity index (χ1n) is 5.89. The van der Waals surface area contributed by atoms with Crippen LogP contribution in [0.5, 0.6) is 0 Å². The van der Waals surface area contributed by atoms with E-state index in [9.17, 15) is 13.6 Å². The van der Waals surface area contributed by atoms with Crippen molar-refractivity contribution in [3.8, 4) is 0 Å². The van der Waals surface area contributed by atoms with Crippen molar-refractivity contribution in [2.45, 2.75) is 33.2 Å². The van der Waals surface area contributed by atoms with Gasteiger partial charge in [-0.15, -0.1) is 0 Å². The summed E-state index contributed by atoms with van der Waals surface area (Å²) in [5.74, 6) is -0.158. The Kier molecular flexibility index (Phi) is 5.07. The second kappa shape index (κ2) is 6.33. The van der Waals surface area contributed by atoms with Gasteiger partial charge in [0.15, 0.2) is 0 Å². The number of alkyl halides is 2. The summed E-state index contributed by atoms with van der Waals surface area (Å²) >= 11 is 0. The highest BCUT2D eigenvalue weighted by Crippen LogP contribution is 2.19. The third kappa shape index (κ3) is 3.68. The van der Waals surface area contributed by atoms with Gasteiger partial charge in [-0.25, -0.2) is 8.78 Å². The van der Waals surface area contributed by atoms with Crippen LogP contribution >= 0.6 is 0 Å². The van der Waals surface area contributed by atoms with Crippen LogP contribution in [0.1, 0.15) is 29.8 Å². The lowest BCUT2D eigenvalue weighted by molar-refractivity contribution is 0.0955. The fraction of sp³-hybridized carbons (Fsp3) is 0.462. The zero-order chi connectivity index (χ0) is 13.7. The van der Waals surface area contributed by atoms with Gasteiger partial charge in [-0.05, 0) is 44.5 Å². The van der Waals surface area contributed by atoms with Crippen molar-refractivity contribution in [3.05, 3.63) is 29.3 Å². The molecule has 0 aliphatic rings. The molecule has 100 valence electrons. The molecule has 0 aromatic heterocycles. The van der Waals surface area contributed by atoms with Crippen LogP contribution in [0.2, 0.25) is 0 Å². The largest absolute Gasteiger partial charge is 0.377 e. The van der Waals surface area contributed by atoms with E-state index < -0.39 is 12.5 Å². The van der Waals surface area contributed by atoms with Crippen molar-refractivity contribution in [3.63, 3.8) is 0 Å². The molecule has 2 N–H and O–H groups in total. The monoisotopic (exact) mass is 256 g/mol. The molecule has 1 amide bonds. The van der Waals surface area contributed by atoms with Crippen molar-refractivity contribution in [2.24, 2.45) is 0 Å². The van der Waals surface area contributed by atoms with Gasteiger partial charge in [0, 0.05) is 17.8 Å². The third-order valence-electron chi connectivity index (χ3n) is 2.59. The summed E-state index contributed by atoms with van der Waals surface area (Å²) in [6.07, 6.45) is -2.42. The Morgan fingerprint density at radius 2 is 2.06 bits per heavy atom. The van der Waals surface area contributed by atoms with Crippen molar-refractivity contribution in [1.29, 1.82) is 0 Å². The molecule has 0 bridgehead atoms. The number of hydrogen-bond donors (Lipinski definition) is 2. The summed E-state index contributed by atoms with van der Waals surface area (Å²) in [7, 11) is 0. The second-order valence-electron chi connectivity index (χ2n) is 4.16. The average Bonchev–Trinajstić information content (AvgIpc) is 2.31. The van der Waals surface area contributed by atoms with E-state index in [1.165, 1.54) is 6.92 Å². The Bertz CT molecular complexity index is 421. The fourth-order valence-electron chi connectivity index (χ4n) is 1.54. The number of carbonyl (C=O) groups excluding carboxylic acids is 1. The molecule has 0 spiro atoms. The number of anilines is 1. The summed E-state index contributed by atoms with van der Waals surface area (Å²) in [5.41, 5.74) is 1.92. The molecule has 3 nitrogen and oxygen atoms in total. The molecule has 0 aliphatic heterocycles. The normalized spacial score (nSPS) is 12.3. The molecule has 0 saturated carbocycles. The van der Waals surface area contributed by atoms with Crippen molar-refractivity contribution >= 4 is 11.6 Å². The van der Waals surface area contributed by atoms with E-state index in [1.54, 1.807) is 25.1 Å². The molecular weight excluding hydrogens is 238 g/mol. The maximum atomic E-state index is 12.4. The first-order chi connectivity index (χ1) is 8.45. The molecule has 1 atom stereocenters. The van der Waals surface area contributed by atoms with E-state index in [1.807, 2.05) is 6.92 Å². The minimum atomic E-state index is -2.42. The summed E-state index contributed by atoms with van der Waals surface area (Å²) in [4.78, 5) is 11.6. The number of halogens is 2. The van der Waals surface area contributed by atoms with Gasteiger partial charge < -0.3 is 10.6 Å². The van der Waals surface area contributed by atoms with E-state index in [2.05, 4.69) is 10.6 Å². The van der Waals surface area contributed by atoms with Crippen LogP contribution in [0.25, 0.3) is 0 Å². The maximum absolute atomic E-state index is 12.4. The topological polar surface area (TPSA) is 41.1 Å². The number of carbonyl (C=O) groups is 1. The van der Waals surface area contributed by atoms with Gasteiger partial charge in [-0.1, -0.05) is 0 Å². The number of amides is 1.